The van der Waals surface area contributed by atoms with Crippen LogP contribution in [-0.2, 0) is 6.42 Å². The van der Waals surface area contributed by atoms with E-state index in [1.54, 1.807) is 17.5 Å². The van der Waals surface area contributed by atoms with Gasteiger partial charge in [0.05, 0.1) is 6.20 Å². The number of hydrogen-bond acceptors (Lipinski definition) is 5. The van der Waals surface area contributed by atoms with Crippen LogP contribution in [-0.4, -0.2) is 18.6 Å². The zero-order valence-corrected chi connectivity index (χ0v) is 11.4. The molecule has 2 aromatic rings. The molecule has 0 spiro atoms. The van der Waals surface area contributed by atoms with Crippen molar-refractivity contribution < 1.29 is 0 Å². The van der Waals surface area contributed by atoms with E-state index < -0.39 is 0 Å². The molecule has 0 fully saturated rings. The minimum absolute atomic E-state index is 0.666. The summed E-state index contributed by atoms with van der Waals surface area (Å²) in [7, 11) is 2.02. The Morgan fingerprint density at radius 1 is 1.53 bits per heavy atom. The molecule has 0 aromatic carbocycles. The maximum Gasteiger partial charge on any atom is 0.186 e. The van der Waals surface area contributed by atoms with E-state index in [-0.39, 0.29) is 0 Å². The van der Waals surface area contributed by atoms with Gasteiger partial charge in [0.15, 0.2) is 5.13 Å². The lowest BCUT2D eigenvalue weighted by Crippen LogP contribution is -2.19. The molecule has 2 aromatic heterocycles. The Bertz CT molecular complexity index is 536. The van der Waals surface area contributed by atoms with Gasteiger partial charge in [-0.2, -0.15) is 5.26 Å². The van der Waals surface area contributed by atoms with Crippen molar-refractivity contribution in [1.29, 1.82) is 5.26 Å². The SMILES string of the molecule is Cc1ccsc1CCN(C)c1ncc(C#N)s1. The lowest BCUT2D eigenvalue weighted by atomic mass is 10.2. The fourth-order valence-corrected chi connectivity index (χ4v) is 3.12. The summed E-state index contributed by atoms with van der Waals surface area (Å²) in [6.07, 6.45) is 2.66. The minimum Gasteiger partial charge on any atom is -0.351 e. The van der Waals surface area contributed by atoms with Gasteiger partial charge in [-0.1, -0.05) is 11.3 Å². The standard InChI is InChI=1S/C12H13N3S2/c1-9-4-6-16-11(9)3-5-15(2)12-14-8-10(7-13)17-12/h4,6,8H,3,5H2,1-2H3. The Balaban J connectivity index is 1.96. The van der Waals surface area contributed by atoms with Crippen molar-refractivity contribution in [2.24, 2.45) is 0 Å². The first-order valence-corrected chi connectivity index (χ1v) is 7.00. The summed E-state index contributed by atoms with van der Waals surface area (Å²) in [6, 6.07) is 4.26. The number of thiazole rings is 1. The largest absolute Gasteiger partial charge is 0.351 e. The van der Waals surface area contributed by atoms with Crippen molar-refractivity contribution in [3.05, 3.63) is 33.0 Å². The number of hydrogen-bond donors (Lipinski definition) is 0. The average Bonchev–Trinajstić information content (AvgIpc) is 2.94. The van der Waals surface area contributed by atoms with Gasteiger partial charge in [0.2, 0.25) is 0 Å². The first kappa shape index (κ1) is 12.1. The molecule has 0 N–H and O–H groups in total. The van der Waals surface area contributed by atoms with Crippen LogP contribution in [0.25, 0.3) is 0 Å². The number of nitrogens with zero attached hydrogens (tertiary/aromatic N) is 3. The third kappa shape index (κ3) is 2.84. The molecule has 3 nitrogen and oxygen atoms in total. The lowest BCUT2D eigenvalue weighted by Gasteiger charge is -2.14. The summed E-state index contributed by atoms with van der Waals surface area (Å²) in [5, 5.41) is 11.8. The van der Waals surface area contributed by atoms with E-state index in [2.05, 4.69) is 34.3 Å². The fraction of sp³-hybridized carbons (Fsp3) is 0.333. The third-order valence-electron chi connectivity index (χ3n) is 2.57. The molecule has 17 heavy (non-hydrogen) atoms. The Hall–Kier alpha value is -1.38. The van der Waals surface area contributed by atoms with E-state index in [9.17, 15) is 0 Å². The topological polar surface area (TPSA) is 39.9 Å². The van der Waals surface area contributed by atoms with Gasteiger partial charge in [-0.15, -0.1) is 11.3 Å². The van der Waals surface area contributed by atoms with Crippen molar-refractivity contribution in [3.8, 4) is 6.07 Å². The summed E-state index contributed by atoms with van der Waals surface area (Å²) < 4.78 is 0. The zero-order valence-electron chi connectivity index (χ0n) is 9.80. The Labute approximate surface area is 109 Å². The highest BCUT2D eigenvalue weighted by molar-refractivity contribution is 7.16. The van der Waals surface area contributed by atoms with E-state index in [1.807, 2.05) is 7.05 Å². The summed E-state index contributed by atoms with van der Waals surface area (Å²) >= 11 is 3.24. The van der Waals surface area contributed by atoms with Crippen molar-refractivity contribution in [2.45, 2.75) is 13.3 Å². The molecular weight excluding hydrogens is 250 g/mol. The van der Waals surface area contributed by atoms with Crippen LogP contribution in [0.1, 0.15) is 15.3 Å². The van der Waals surface area contributed by atoms with Crippen LogP contribution in [0.2, 0.25) is 0 Å². The van der Waals surface area contributed by atoms with Gasteiger partial charge >= 0.3 is 0 Å². The number of nitriles is 1. The van der Waals surface area contributed by atoms with Gasteiger partial charge < -0.3 is 4.90 Å². The quantitative estimate of drug-likeness (QED) is 0.851. The minimum atomic E-state index is 0.666. The Kier molecular flexibility index (Phi) is 3.77. The van der Waals surface area contributed by atoms with E-state index >= 15 is 0 Å². The number of anilines is 1. The first-order chi connectivity index (χ1) is 8.20. The summed E-state index contributed by atoms with van der Waals surface area (Å²) in [5.74, 6) is 0. The predicted octanol–water partition coefficient (Wildman–Crippen LogP) is 3.06. The van der Waals surface area contributed by atoms with Crippen LogP contribution in [0.4, 0.5) is 5.13 Å². The molecule has 0 radical (unpaired) electrons. The number of likely N-dealkylation sites (N-methyl/N-ethyl adjacent to an activating group) is 1. The number of thiophene rings is 1. The molecule has 5 heteroatoms. The van der Waals surface area contributed by atoms with Gasteiger partial charge in [0, 0.05) is 18.5 Å². The number of aryl methyl sites for hydroxylation is 1. The maximum atomic E-state index is 8.75. The van der Waals surface area contributed by atoms with Crippen molar-refractivity contribution in [1.82, 2.24) is 4.98 Å². The maximum absolute atomic E-state index is 8.75. The molecule has 0 aliphatic heterocycles. The number of rotatable bonds is 4. The molecule has 0 saturated heterocycles. The Morgan fingerprint density at radius 3 is 2.94 bits per heavy atom. The van der Waals surface area contributed by atoms with Gasteiger partial charge in [0.25, 0.3) is 0 Å². The van der Waals surface area contributed by atoms with Crippen molar-refractivity contribution >= 4 is 27.8 Å². The predicted molar refractivity (Wildman–Crippen MR) is 72.9 cm³/mol. The third-order valence-corrected chi connectivity index (χ3v) is 4.67. The molecule has 0 atom stereocenters. The normalized spacial score (nSPS) is 10.2. The van der Waals surface area contributed by atoms with Crippen LogP contribution in [0, 0.1) is 18.3 Å². The van der Waals surface area contributed by atoms with Crippen LogP contribution in [0.15, 0.2) is 17.6 Å². The highest BCUT2D eigenvalue weighted by Gasteiger charge is 2.08. The Morgan fingerprint density at radius 2 is 2.35 bits per heavy atom. The van der Waals surface area contributed by atoms with E-state index in [4.69, 9.17) is 5.26 Å². The monoisotopic (exact) mass is 263 g/mol. The molecule has 0 bridgehead atoms. The fourth-order valence-electron chi connectivity index (χ4n) is 1.52. The zero-order chi connectivity index (χ0) is 12.3. The van der Waals surface area contributed by atoms with Gasteiger partial charge in [-0.25, -0.2) is 4.98 Å². The van der Waals surface area contributed by atoms with Crippen LogP contribution >= 0.6 is 22.7 Å². The number of aromatic nitrogens is 1. The summed E-state index contributed by atoms with van der Waals surface area (Å²) in [4.78, 5) is 8.43. The molecular formula is C12H13N3S2. The van der Waals surface area contributed by atoms with Gasteiger partial charge in [-0.05, 0) is 30.4 Å². The van der Waals surface area contributed by atoms with Gasteiger partial charge in [0.1, 0.15) is 10.9 Å². The van der Waals surface area contributed by atoms with E-state index in [1.165, 1.54) is 21.8 Å². The summed E-state index contributed by atoms with van der Waals surface area (Å²) in [6.45, 7) is 3.07. The highest BCUT2D eigenvalue weighted by Crippen LogP contribution is 2.22. The molecule has 0 unspecified atom stereocenters. The van der Waals surface area contributed by atoms with Crippen LogP contribution in [0.3, 0.4) is 0 Å². The van der Waals surface area contributed by atoms with E-state index in [0.29, 0.717) is 4.88 Å². The van der Waals surface area contributed by atoms with Gasteiger partial charge in [-0.3, -0.25) is 0 Å². The smallest absolute Gasteiger partial charge is 0.186 e. The van der Waals surface area contributed by atoms with Crippen molar-refractivity contribution in [2.75, 3.05) is 18.5 Å². The molecule has 0 aliphatic carbocycles. The van der Waals surface area contributed by atoms with Crippen LogP contribution in [0.5, 0.6) is 0 Å². The first-order valence-electron chi connectivity index (χ1n) is 5.30. The molecule has 2 rings (SSSR count). The second kappa shape index (κ2) is 5.30. The molecule has 2 heterocycles. The molecule has 0 amide bonds. The molecule has 88 valence electrons. The molecule has 0 saturated carbocycles. The highest BCUT2D eigenvalue weighted by atomic mass is 32.1. The van der Waals surface area contributed by atoms with Crippen molar-refractivity contribution in [3.63, 3.8) is 0 Å². The summed E-state index contributed by atoms with van der Waals surface area (Å²) in [5.41, 5.74) is 1.36. The average molecular weight is 263 g/mol. The second-order valence-electron chi connectivity index (χ2n) is 3.82. The molecule has 0 aliphatic rings. The van der Waals surface area contributed by atoms with Crippen LogP contribution < -0.4 is 4.90 Å². The lowest BCUT2D eigenvalue weighted by molar-refractivity contribution is 0.878. The second-order valence-corrected chi connectivity index (χ2v) is 5.83. The van der Waals surface area contributed by atoms with E-state index in [0.717, 1.165) is 18.1 Å².